The van der Waals surface area contributed by atoms with Gasteiger partial charge in [0, 0.05) is 18.2 Å². The van der Waals surface area contributed by atoms with E-state index in [9.17, 15) is 22.9 Å². The quantitative estimate of drug-likeness (QED) is 0.578. The molecule has 2 bridgehead atoms. The number of carbonyl (C=O) groups is 1. The highest BCUT2D eigenvalue weighted by atomic mass is 32.2. The van der Waals surface area contributed by atoms with E-state index >= 15 is 0 Å². The van der Waals surface area contributed by atoms with E-state index in [0.29, 0.717) is 40.3 Å². The van der Waals surface area contributed by atoms with Gasteiger partial charge in [0.2, 0.25) is 15.9 Å². The molecule has 1 aliphatic heterocycles. The maximum Gasteiger partial charge on any atom is 0.238 e. The molecule has 7 nitrogen and oxygen atoms in total. The van der Waals surface area contributed by atoms with Crippen molar-refractivity contribution in [2.45, 2.75) is 37.4 Å². The second-order valence-electron chi connectivity index (χ2n) is 9.37. The van der Waals surface area contributed by atoms with Crippen molar-refractivity contribution in [2.24, 2.45) is 17.8 Å². The Morgan fingerprint density at radius 3 is 2.64 bits per heavy atom. The van der Waals surface area contributed by atoms with Gasteiger partial charge in [-0.1, -0.05) is 24.3 Å². The lowest BCUT2D eigenvalue weighted by molar-refractivity contribution is -0.124. The van der Waals surface area contributed by atoms with E-state index in [-0.39, 0.29) is 18.4 Å². The highest BCUT2D eigenvalue weighted by Gasteiger charge is 2.62. The van der Waals surface area contributed by atoms with Crippen LogP contribution in [0.5, 0.6) is 0 Å². The first kappa shape index (κ1) is 21.9. The second-order valence-corrected chi connectivity index (χ2v) is 11.1. The van der Waals surface area contributed by atoms with E-state index in [1.165, 1.54) is 12.5 Å². The van der Waals surface area contributed by atoms with Crippen molar-refractivity contribution in [1.82, 2.24) is 10.6 Å². The molecule has 2 aliphatic carbocycles. The van der Waals surface area contributed by atoms with Crippen LogP contribution in [0.1, 0.15) is 18.4 Å². The average molecular weight is 469 g/mol. The van der Waals surface area contributed by atoms with Crippen LogP contribution in [-0.2, 0) is 21.2 Å². The maximum absolute atomic E-state index is 14.9. The molecule has 5 rings (SSSR count). The largest absolute Gasteiger partial charge is 0.339 e. The van der Waals surface area contributed by atoms with Crippen LogP contribution >= 0.6 is 0 Å². The topological polar surface area (TPSA) is 111 Å². The number of hydrogen-bond donors (Lipinski definition) is 3. The lowest BCUT2D eigenvalue weighted by Crippen LogP contribution is -2.51. The van der Waals surface area contributed by atoms with Crippen LogP contribution in [0.4, 0.5) is 10.1 Å². The molecule has 2 aromatic carbocycles. The number of amides is 1. The van der Waals surface area contributed by atoms with E-state index in [2.05, 4.69) is 21.4 Å². The van der Waals surface area contributed by atoms with Gasteiger partial charge in [-0.3, -0.25) is 9.52 Å². The number of anilines is 1. The van der Waals surface area contributed by atoms with Gasteiger partial charge in [-0.05, 0) is 65.5 Å². The minimum absolute atomic E-state index is 0.0664. The molecule has 1 heterocycles. The maximum atomic E-state index is 14.9. The Morgan fingerprint density at radius 1 is 1.18 bits per heavy atom. The molecular weight excluding hydrogens is 443 g/mol. The van der Waals surface area contributed by atoms with E-state index in [4.69, 9.17) is 0 Å². The number of hydrogen-bond acceptors (Lipinski definition) is 5. The number of carbonyl (C=O) groups excluding carboxylic acids is 1. The lowest BCUT2D eigenvalue weighted by Gasteiger charge is -2.23. The van der Waals surface area contributed by atoms with Crippen molar-refractivity contribution < 1.29 is 17.6 Å². The van der Waals surface area contributed by atoms with Crippen LogP contribution in [0, 0.1) is 34.9 Å². The molecule has 3 N–H and O–H groups in total. The van der Waals surface area contributed by atoms with Crippen molar-refractivity contribution in [3.63, 3.8) is 0 Å². The zero-order chi connectivity index (χ0) is 23.3. The number of halogens is 1. The Morgan fingerprint density at radius 2 is 1.97 bits per heavy atom. The van der Waals surface area contributed by atoms with E-state index in [1.807, 2.05) is 0 Å². The van der Waals surface area contributed by atoms with Gasteiger partial charge in [0.25, 0.3) is 0 Å². The summed E-state index contributed by atoms with van der Waals surface area (Å²) < 4.78 is 40.2. The SMILES string of the molecule is CS(=O)(=O)Nc1cccc(-c2ccc(C[C@@H](C#N)NC(=O)[C@H]3N[C@H]4C[C@@H]3[C@@H]3C[C@@H]34)c(F)c2)c1. The summed E-state index contributed by atoms with van der Waals surface area (Å²) in [5.74, 6) is 1.06. The van der Waals surface area contributed by atoms with Gasteiger partial charge in [-0.25, -0.2) is 12.8 Å². The van der Waals surface area contributed by atoms with Crippen molar-refractivity contribution in [1.29, 1.82) is 5.26 Å². The molecule has 0 aromatic heterocycles. The molecule has 1 saturated heterocycles. The Balaban J connectivity index is 1.26. The summed E-state index contributed by atoms with van der Waals surface area (Å²) in [5.41, 5.74) is 1.95. The fraction of sp³-hybridized carbons (Fsp3) is 0.417. The third kappa shape index (κ3) is 4.45. The molecule has 3 aliphatic rings. The molecule has 9 heteroatoms. The third-order valence-corrected chi connectivity index (χ3v) is 7.64. The van der Waals surface area contributed by atoms with Crippen molar-refractivity contribution >= 4 is 21.6 Å². The third-order valence-electron chi connectivity index (χ3n) is 7.04. The molecule has 0 unspecified atom stereocenters. The molecule has 0 spiro atoms. The summed E-state index contributed by atoms with van der Waals surface area (Å²) in [6, 6.07) is 12.8. The predicted molar refractivity (Wildman–Crippen MR) is 122 cm³/mol. The first-order valence-electron chi connectivity index (χ1n) is 11.0. The van der Waals surface area contributed by atoms with Crippen molar-refractivity contribution in [3.05, 3.63) is 53.8 Å². The number of nitrogens with zero attached hydrogens (tertiary/aromatic N) is 1. The fourth-order valence-electron chi connectivity index (χ4n) is 5.51. The number of benzene rings is 2. The van der Waals surface area contributed by atoms with Crippen molar-refractivity contribution in [3.8, 4) is 17.2 Å². The van der Waals surface area contributed by atoms with Crippen LogP contribution in [0.3, 0.4) is 0 Å². The lowest BCUT2D eigenvalue weighted by atomic mass is 9.96. The second kappa shape index (κ2) is 8.12. The van der Waals surface area contributed by atoms with Crippen LogP contribution in [-0.4, -0.2) is 38.7 Å². The molecular formula is C24H25FN4O3S. The zero-order valence-electron chi connectivity index (χ0n) is 18.1. The Labute approximate surface area is 192 Å². The van der Waals surface area contributed by atoms with Crippen LogP contribution in [0.15, 0.2) is 42.5 Å². The number of fused-ring (bicyclic) bond motifs is 5. The van der Waals surface area contributed by atoms with E-state index in [1.54, 1.807) is 36.4 Å². The summed E-state index contributed by atoms with van der Waals surface area (Å²) >= 11 is 0. The molecule has 2 aromatic rings. The predicted octanol–water partition coefficient (Wildman–Crippen LogP) is 2.41. The highest BCUT2D eigenvalue weighted by molar-refractivity contribution is 7.92. The summed E-state index contributed by atoms with van der Waals surface area (Å²) in [4.78, 5) is 12.7. The average Bonchev–Trinajstić information content (AvgIpc) is 3.36. The molecule has 3 fully saturated rings. The van der Waals surface area contributed by atoms with Gasteiger partial charge in [0.15, 0.2) is 0 Å². The molecule has 1 amide bonds. The summed E-state index contributed by atoms with van der Waals surface area (Å²) in [7, 11) is -3.42. The molecule has 2 saturated carbocycles. The monoisotopic (exact) mass is 468 g/mol. The van der Waals surface area contributed by atoms with Crippen LogP contribution in [0.2, 0.25) is 0 Å². The van der Waals surface area contributed by atoms with Crippen LogP contribution in [0.25, 0.3) is 11.1 Å². The van der Waals surface area contributed by atoms with Crippen molar-refractivity contribution in [2.75, 3.05) is 11.0 Å². The summed E-state index contributed by atoms with van der Waals surface area (Å²) in [6.45, 7) is 0. The first-order valence-corrected chi connectivity index (χ1v) is 12.9. The number of nitriles is 1. The van der Waals surface area contributed by atoms with Gasteiger partial charge in [-0.15, -0.1) is 0 Å². The molecule has 6 atom stereocenters. The van der Waals surface area contributed by atoms with Gasteiger partial charge < -0.3 is 10.6 Å². The molecule has 172 valence electrons. The minimum atomic E-state index is -3.42. The number of sulfonamides is 1. The number of rotatable bonds is 7. The first-order chi connectivity index (χ1) is 15.7. The van der Waals surface area contributed by atoms with Crippen LogP contribution < -0.4 is 15.4 Å². The Hall–Kier alpha value is -2.96. The highest BCUT2D eigenvalue weighted by Crippen LogP contribution is 2.59. The summed E-state index contributed by atoms with van der Waals surface area (Å²) in [5, 5.41) is 15.7. The smallest absolute Gasteiger partial charge is 0.238 e. The number of piperidine rings is 1. The molecule has 33 heavy (non-hydrogen) atoms. The fourth-order valence-corrected chi connectivity index (χ4v) is 6.07. The van der Waals surface area contributed by atoms with E-state index < -0.39 is 21.9 Å². The minimum Gasteiger partial charge on any atom is -0.339 e. The summed E-state index contributed by atoms with van der Waals surface area (Å²) in [6.07, 6.45) is 3.35. The van der Waals surface area contributed by atoms with Gasteiger partial charge in [0.05, 0.1) is 18.4 Å². The number of nitrogens with one attached hydrogen (secondary N) is 3. The van der Waals surface area contributed by atoms with Gasteiger partial charge >= 0.3 is 0 Å². The van der Waals surface area contributed by atoms with Gasteiger partial charge in [-0.2, -0.15) is 5.26 Å². The Bertz CT molecular complexity index is 1260. The zero-order valence-corrected chi connectivity index (χ0v) is 18.9. The standard InChI is InChI=1S/C24H25FN4O3S/c1-33(31,32)29-16-4-2-3-13(7-16)14-5-6-15(21(25)9-14)8-17(12-26)27-24(30)23-20-11-22(28-23)19-10-18(19)20/h2-7,9,17-20,22-23,28-29H,8,10-11H2,1H3,(H,27,30)/t17-,18+,19-,20+,22-,23-/m0/s1. The Kier molecular flexibility index (Phi) is 5.38. The molecule has 0 radical (unpaired) electrons. The van der Waals surface area contributed by atoms with E-state index in [0.717, 1.165) is 18.6 Å². The van der Waals surface area contributed by atoms with Gasteiger partial charge in [0.1, 0.15) is 11.9 Å². The normalized spacial score (nSPS) is 28.0.